The van der Waals surface area contributed by atoms with E-state index in [4.69, 9.17) is 5.11 Å². The molecule has 1 aliphatic rings. The third kappa shape index (κ3) is 2.87. The molecule has 1 amide bonds. The zero-order valence-corrected chi connectivity index (χ0v) is 11.7. The largest absolute Gasteiger partial charge is 0.480 e. The van der Waals surface area contributed by atoms with Gasteiger partial charge in [-0.25, -0.2) is 0 Å². The summed E-state index contributed by atoms with van der Waals surface area (Å²) in [4.78, 5) is 25.0. The van der Waals surface area contributed by atoms with Gasteiger partial charge in [0.25, 0.3) is 5.91 Å². The molecule has 0 bridgehead atoms. The van der Waals surface area contributed by atoms with Crippen molar-refractivity contribution in [3.8, 4) is 0 Å². The van der Waals surface area contributed by atoms with Gasteiger partial charge < -0.3 is 10.0 Å². The number of thiophene rings is 1. The van der Waals surface area contributed by atoms with Crippen molar-refractivity contribution >= 4 is 39.1 Å². The molecule has 0 radical (unpaired) electrons. The zero-order valence-electron chi connectivity index (χ0n) is 9.27. The van der Waals surface area contributed by atoms with Gasteiger partial charge in [-0.05, 0) is 47.3 Å². The number of hydrogen-bond donors (Lipinski definition) is 1. The van der Waals surface area contributed by atoms with Gasteiger partial charge in [0, 0.05) is 6.04 Å². The highest BCUT2D eigenvalue weighted by Gasteiger charge is 2.34. The first-order valence-corrected chi connectivity index (χ1v) is 6.88. The van der Waals surface area contributed by atoms with E-state index in [9.17, 15) is 9.59 Å². The summed E-state index contributed by atoms with van der Waals surface area (Å²) in [6.45, 7) is 1.70. The van der Waals surface area contributed by atoms with Crippen molar-refractivity contribution in [2.45, 2.75) is 25.8 Å². The maximum Gasteiger partial charge on any atom is 0.323 e. The Hall–Kier alpha value is -0.880. The molecular weight excluding hydrogens is 306 g/mol. The first kappa shape index (κ1) is 12.6. The van der Waals surface area contributed by atoms with Crippen LogP contribution in [0.1, 0.15) is 28.1 Å². The van der Waals surface area contributed by atoms with Crippen molar-refractivity contribution in [3.63, 3.8) is 0 Å². The Balaban J connectivity index is 2.18. The normalized spacial score (nSPS) is 14.7. The van der Waals surface area contributed by atoms with E-state index in [1.54, 1.807) is 6.07 Å². The number of carbonyl (C=O) groups is 2. The van der Waals surface area contributed by atoms with Crippen LogP contribution in [0.15, 0.2) is 9.85 Å². The summed E-state index contributed by atoms with van der Waals surface area (Å²) in [5.41, 5.74) is 1.00. The van der Waals surface area contributed by atoms with E-state index >= 15 is 0 Å². The molecule has 0 saturated heterocycles. The highest BCUT2D eigenvalue weighted by Crippen LogP contribution is 2.32. The Kier molecular flexibility index (Phi) is 3.53. The molecule has 0 unspecified atom stereocenters. The maximum atomic E-state index is 12.2. The van der Waals surface area contributed by atoms with Gasteiger partial charge in [0.15, 0.2) is 0 Å². The summed E-state index contributed by atoms with van der Waals surface area (Å²) in [5, 5.41) is 8.82. The summed E-state index contributed by atoms with van der Waals surface area (Å²) in [6.07, 6.45) is 1.81. The van der Waals surface area contributed by atoms with Gasteiger partial charge in [0.05, 0.1) is 8.66 Å². The number of carbonyl (C=O) groups excluding carboxylic acids is 1. The minimum atomic E-state index is -0.961. The molecule has 0 aliphatic heterocycles. The van der Waals surface area contributed by atoms with Crippen molar-refractivity contribution in [1.82, 2.24) is 4.90 Å². The SMILES string of the molecule is Cc1cc(C(=O)N(CC(=O)O)C2CC2)sc1Br. The lowest BCUT2D eigenvalue weighted by Crippen LogP contribution is -2.37. The molecule has 1 aromatic rings. The second-order valence-electron chi connectivity index (χ2n) is 4.13. The molecule has 17 heavy (non-hydrogen) atoms. The predicted octanol–water partition coefficient (Wildman–Crippen LogP) is 2.51. The van der Waals surface area contributed by atoms with Gasteiger partial charge in [-0.2, -0.15) is 0 Å². The van der Waals surface area contributed by atoms with E-state index in [1.165, 1.54) is 16.2 Å². The average molecular weight is 318 g/mol. The first-order chi connectivity index (χ1) is 7.99. The summed E-state index contributed by atoms with van der Waals surface area (Å²) < 4.78 is 0.923. The van der Waals surface area contributed by atoms with Crippen LogP contribution in [0.4, 0.5) is 0 Å². The number of aryl methyl sites for hydroxylation is 1. The Labute approximate surface area is 111 Å². The predicted molar refractivity (Wildman–Crippen MR) is 68.5 cm³/mol. The van der Waals surface area contributed by atoms with Crippen LogP contribution in [0.3, 0.4) is 0 Å². The molecule has 1 N–H and O–H groups in total. The summed E-state index contributed by atoms with van der Waals surface area (Å²) in [5.74, 6) is -1.13. The molecule has 0 spiro atoms. The molecule has 2 rings (SSSR count). The molecule has 4 nitrogen and oxygen atoms in total. The number of rotatable bonds is 4. The van der Waals surface area contributed by atoms with Crippen LogP contribution in [-0.2, 0) is 4.79 Å². The quantitative estimate of drug-likeness (QED) is 0.928. The number of carboxylic acid groups (broad SMARTS) is 1. The van der Waals surface area contributed by atoms with Gasteiger partial charge in [0.2, 0.25) is 0 Å². The molecule has 1 saturated carbocycles. The number of aliphatic carboxylic acids is 1. The second kappa shape index (κ2) is 4.78. The molecule has 0 atom stereocenters. The molecular formula is C11H12BrNO3S. The van der Waals surface area contributed by atoms with Gasteiger partial charge in [-0.1, -0.05) is 0 Å². The number of halogens is 1. The first-order valence-electron chi connectivity index (χ1n) is 5.27. The lowest BCUT2D eigenvalue weighted by atomic mass is 10.3. The van der Waals surface area contributed by atoms with E-state index in [0.717, 1.165) is 22.2 Å². The van der Waals surface area contributed by atoms with Gasteiger partial charge in [-0.3, -0.25) is 9.59 Å². The highest BCUT2D eigenvalue weighted by molar-refractivity contribution is 9.11. The minimum Gasteiger partial charge on any atom is -0.480 e. The van der Waals surface area contributed by atoms with E-state index in [1.807, 2.05) is 6.92 Å². The molecule has 1 aliphatic carbocycles. The van der Waals surface area contributed by atoms with Crippen molar-refractivity contribution < 1.29 is 14.7 Å². The maximum absolute atomic E-state index is 12.2. The fourth-order valence-corrected chi connectivity index (χ4v) is 3.10. The van der Waals surface area contributed by atoms with Crippen LogP contribution in [0.2, 0.25) is 0 Å². The summed E-state index contributed by atoms with van der Waals surface area (Å²) >= 11 is 4.72. The third-order valence-electron chi connectivity index (χ3n) is 2.62. The van der Waals surface area contributed by atoms with Crippen LogP contribution >= 0.6 is 27.3 Å². The molecule has 1 heterocycles. The average Bonchev–Trinajstić information content (AvgIpc) is 3.02. The Morgan fingerprint density at radius 2 is 2.24 bits per heavy atom. The number of amides is 1. The Morgan fingerprint density at radius 3 is 2.65 bits per heavy atom. The van der Waals surface area contributed by atoms with E-state index in [-0.39, 0.29) is 18.5 Å². The van der Waals surface area contributed by atoms with Crippen LogP contribution in [0.25, 0.3) is 0 Å². The van der Waals surface area contributed by atoms with Gasteiger partial charge >= 0.3 is 5.97 Å². The topological polar surface area (TPSA) is 57.6 Å². The molecule has 92 valence electrons. The molecule has 1 fully saturated rings. The van der Waals surface area contributed by atoms with Gasteiger partial charge in [0.1, 0.15) is 6.54 Å². The Morgan fingerprint density at radius 1 is 1.59 bits per heavy atom. The third-order valence-corrected chi connectivity index (χ3v) is 4.75. The lowest BCUT2D eigenvalue weighted by molar-refractivity contribution is -0.137. The van der Waals surface area contributed by atoms with Crippen LogP contribution in [0.5, 0.6) is 0 Å². The standard InChI is InChI=1S/C11H12BrNO3S/c1-6-4-8(17-10(6)12)11(16)13(5-9(14)15)7-2-3-7/h4,7H,2-3,5H2,1H3,(H,14,15). The summed E-state index contributed by atoms with van der Waals surface area (Å²) in [6, 6.07) is 1.91. The second-order valence-corrected chi connectivity index (χ2v) is 6.50. The highest BCUT2D eigenvalue weighted by atomic mass is 79.9. The number of carboxylic acids is 1. The lowest BCUT2D eigenvalue weighted by Gasteiger charge is -2.19. The monoisotopic (exact) mass is 317 g/mol. The molecule has 0 aromatic carbocycles. The van der Waals surface area contributed by atoms with Crippen molar-refractivity contribution in [2.24, 2.45) is 0 Å². The fraction of sp³-hybridized carbons (Fsp3) is 0.455. The Bertz CT molecular complexity index is 448. The zero-order chi connectivity index (χ0) is 12.6. The van der Waals surface area contributed by atoms with Gasteiger partial charge in [-0.15, -0.1) is 11.3 Å². The van der Waals surface area contributed by atoms with Crippen LogP contribution in [-0.4, -0.2) is 34.5 Å². The van der Waals surface area contributed by atoms with Crippen molar-refractivity contribution in [2.75, 3.05) is 6.54 Å². The van der Waals surface area contributed by atoms with Crippen molar-refractivity contribution in [1.29, 1.82) is 0 Å². The molecule has 1 aromatic heterocycles. The van der Waals surface area contributed by atoms with Crippen molar-refractivity contribution in [3.05, 3.63) is 20.3 Å². The number of hydrogen-bond acceptors (Lipinski definition) is 3. The number of nitrogens with zero attached hydrogens (tertiary/aromatic N) is 1. The smallest absolute Gasteiger partial charge is 0.323 e. The van der Waals surface area contributed by atoms with Crippen LogP contribution in [0, 0.1) is 6.92 Å². The van der Waals surface area contributed by atoms with E-state index < -0.39 is 5.97 Å². The van der Waals surface area contributed by atoms with Crippen LogP contribution < -0.4 is 0 Å². The fourth-order valence-electron chi connectivity index (χ4n) is 1.61. The minimum absolute atomic E-state index is 0.111. The molecule has 6 heteroatoms. The van der Waals surface area contributed by atoms with E-state index in [2.05, 4.69) is 15.9 Å². The summed E-state index contributed by atoms with van der Waals surface area (Å²) in [7, 11) is 0. The van der Waals surface area contributed by atoms with E-state index in [0.29, 0.717) is 4.88 Å².